The fourth-order valence-electron chi connectivity index (χ4n) is 2.34. The van der Waals surface area contributed by atoms with Gasteiger partial charge in [0.05, 0.1) is 25.9 Å². The summed E-state index contributed by atoms with van der Waals surface area (Å²) in [4.78, 5) is 0. The molecule has 0 amide bonds. The van der Waals surface area contributed by atoms with Gasteiger partial charge in [0.25, 0.3) is 0 Å². The summed E-state index contributed by atoms with van der Waals surface area (Å²) in [5, 5.41) is 3.47. The standard InChI is InChI=1S/C15H22FNO2S/c1-3-6-17-15(14-10-20-8-7-19-14)11-4-5-13(18-2)12(16)9-11/h4-5,9,14-15,17H,3,6-8,10H2,1-2H3. The molecule has 1 N–H and O–H groups in total. The summed E-state index contributed by atoms with van der Waals surface area (Å²) in [6.45, 7) is 3.77. The molecule has 0 spiro atoms. The minimum absolute atomic E-state index is 0.0307. The van der Waals surface area contributed by atoms with Crippen LogP contribution in [0.5, 0.6) is 5.75 Å². The van der Waals surface area contributed by atoms with Gasteiger partial charge in [-0.2, -0.15) is 11.8 Å². The molecule has 1 aromatic rings. The Hall–Kier alpha value is -0.780. The fourth-order valence-corrected chi connectivity index (χ4v) is 3.24. The van der Waals surface area contributed by atoms with E-state index >= 15 is 0 Å². The van der Waals surface area contributed by atoms with E-state index < -0.39 is 0 Å². The zero-order chi connectivity index (χ0) is 14.4. The third-order valence-corrected chi connectivity index (χ3v) is 4.38. The minimum atomic E-state index is -0.322. The Balaban J connectivity index is 2.18. The molecule has 1 saturated heterocycles. The van der Waals surface area contributed by atoms with Gasteiger partial charge in [0.15, 0.2) is 11.6 Å². The summed E-state index contributed by atoms with van der Waals surface area (Å²) in [5.41, 5.74) is 0.921. The molecular formula is C15H22FNO2S. The van der Waals surface area contributed by atoms with E-state index in [0.717, 1.165) is 36.6 Å². The summed E-state index contributed by atoms with van der Waals surface area (Å²) in [7, 11) is 1.48. The maximum atomic E-state index is 13.9. The van der Waals surface area contributed by atoms with E-state index in [-0.39, 0.29) is 23.7 Å². The van der Waals surface area contributed by atoms with Gasteiger partial charge in [-0.3, -0.25) is 0 Å². The molecule has 20 heavy (non-hydrogen) atoms. The SMILES string of the molecule is CCCNC(c1ccc(OC)c(F)c1)C1CSCCO1. The lowest BCUT2D eigenvalue weighted by molar-refractivity contribution is 0.0467. The topological polar surface area (TPSA) is 30.5 Å². The Morgan fingerprint density at radius 1 is 1.55 bits per heavy atom. The van der Waals surface area contributed by atoms with Gasteiger partial charge in [-0.1, -0.05) is 13.0 Å². The van der Waals surface area contributed by atoms with Crippen LogP contribution in [0.4, 0.5) is 4.39 Å². The number of rotatable bonds is 6. The third kappa shape index (κ3) is 3.87. The maximum absolute atomic E-state index is 13.9. The van der Waals surface area contributed by atoms with E-state index in [1.54, 1.807) is 12.1 Å². The quantitative estimate of drug-likeness (QED) is 0.875. The molecular weight excluding hydrogens is 277 g/mol. The van der Waals surface area contributed by atoms with Gasteiger partial charge in [0.1, 0.15) is 0 Å². The molecule has 1 fully saturated rings. The zero-order valence-electron chi connectivity index (χ0n) is 12.0. The highest BCUT2D eigenvalue weighted by atomic mass is 32.2. The average Bonchev–Trinajstić information content (AvgIpc) is 2.49. The monoisotopic (exact) mass is 299 g/mol. The Morgan fingerprint density at radius 3 is 3.00 bits per heavy atom. The molecule has 5 heteroatoms. The molecule has 3 nitrogen and oxygen atoms in total. The molecule has 0 saturated carbocycles. The molecule has 2 atom stereocenters. The van der Waals surface area contributed by atoms with Crippen LogP contribution in [0.3, 0.4) is 0 Å². The van der Waals surface area contributed by atoms with Crippen molar-refractivity contribution in [3.8, 4) is 5.75 Å². The Labute approximate surface area is 124 Å². The van der Waals surface area contributed by atoms with Crippen LogP contribution in [0.15, 0.2) is 18.2 Å². The molecule has 0 bridgehead atoms. The van der Waals surface area contributed by atoms with Gasteiger partial charge >= 0.3 is 0 Å². The second kappa shape index (κ2) is 7.86. The summed E-state index contributed by atoms with van der Waals surface area (Å²) in [5.74, 6) is 1.93. The number of ether oxygens (including phenoxy) is 2. The van der Waals surface area contributed by atoms with Gasteiger partial charge in [-0.15, -0.1) is 0 Å². The van der Waals surface area contributed by atoms with Crippen LogP contribution in [0.1, 0.15) is 24.9 Å². The van der Waals surface area contributed by atoms with Crippen molar-refractivity contribution < 1.29 is 13.9 Å². The van der Waals surface area contributed by atoms with Crippen molar-refractivity contribution >= 4 is 11.8 Å². The van der Waals surface area contributed by atoms with E-state index in [1.165, 1.54) is 7.11 Å². The normalized spacial score (nSPS) is 20.6. The largest absolute Gasteiger partial charge is 0.494 e. The first-order valence-electron chi connectivity index (χ1n) is 7.02. The first kappa shape index (κ1) is 15.6. The average molecular weight is 299 g/mol. The van der Waals surface area contributed by atoms with Crippen molar-refractivity contribution in [2.45, 2.75) is 25.5 Å². The van der Waals surface area contributed by atoms with E-state index in [9.17, 15) is 4.39 Å². The molecule has 0 aliphatic carbocycles. The summed E-state index contributed by atoms with van der Waals surface area (Å²) < 4.78 is 24.7. The summed E-state index contributed by atoms with van der Waals surface area (Å²) in [6.07, 6.45) is 1.13. The van der Waals surface area contributed by atoms with Gasteiger partial charge < -0.3 is 14.8 Å². The molecule has 1 aromatic carbocycles. The van der Waals surface area contributed by atoms with Crippen LogP contribution in [0.25, 0.3) is 0 Å². The highest BCUT2D eigenvalue weighted by Gasteiger charge is 2.26. The van der Waals surface area contributed by atoms with Gasteiger partial charge in [-0.25, -0.2) is 4.39 Å². The molecule has 0 aromatic heterocycles. The number of hydrogen-bond donors (Lipinski definition) is 1. The van der Waals surface area contributed by atoms with Crippen LogP contribution in [0, 0.1) is 5.82 Å². The fraction of sp³-hybridized carbons (Fsp3) is 0.600. The van der Waals surface area contributed by atoms with E-state index in [1.807, 2.05) is 17.8 Å². The second-order valence-electron chi connectivity index (χ2n) is 4.81. The van der Waals surface area contributed by atoms with Crippen LogP contribution >= 0.6 is 11.8 Å². The van der Waals surface area contributed by atoms with Gasteiger partial charge in [0.2, 0.25) is 0 Å². The van der Waals surface area contributed by atoms with E-state index in [2.05, 4.69) is 12.2 Å². The summed E-state index contributed by atoms with van der Waals surface area (Å²) >= 11 is 1.89. The van der Waals surface area contributed by atoms with Crippen molar-refractivity contribution in [2.24, 2.45) is 0 Å². The number of thioether (sulfide) groups is 1. The Bertz CT molecular complexity index is 424. The number of halogens is 1. The van der Waals surface area contributed by atoms with Crippen molar-refractivity contribution in [2.75, 3.05) is 31.8 Å². The lowest BCUT2D eigenvalue weighted by atomic mass is 10.0. The number of benzene rings is 1. The number of hydrogen-bond acceptors (Lipinski definition) is 4. The Morgan fingerprint density at radius 2 is 2.40 bits per heavy atom. The lowest BCUT2D eigenvalue weighted by Gasteiger charge is -2.31. The predicted molar refractivity (Wildman–Crippen MR) is 81.1 cm³/mol. The molecule has 1 aliphatic heterocycles. The van der Waals surface area contributed by atoms with Gasteiger partial charge in [-0.05, 0) is 30.7 Å². The second-order valence-corrected chi connectivity index (χ2v) is 5.96. The van der Waals surface area contributed by atoms with Crippen molar-refractivity contribution in [1.82, 2.24) is 5.32 Å². The molecule has 2 unspecified atom stereocenters. The molecule has 2 rings (SSSR count). The number of methoxy groups -OCH3 is 1. The molecule has 112 valence electrons. The molecule has 1 heterocycles. The van der Waals surface area contributed by atoms with Gasteiger partial charge in [0, 0.05) is 11.5 Å². The number of nitrogens with one attached hydrogen (secondary N) is 1. The maximum Gasteiger partial charge on any atom is 0.165 e. The van der Waals surface area contributed by atoms with Crippen molar-refractivity contribution in [3.63, 3.8) is 0 Å². The highest BCUT2D eigenvalue weighted by molar-refractivity contribution is 7.99. The highest BCUT2D eigenvalue weighted by Crippen LogP contribution is 2.28. The van der Waals surface area contributed by atoms with Crippen molar-refractivity contribution in [1.29, 1.82) is 0 Å². The first-order chi connectivity index (χ1) is 9.76. The van der Waals surface area contributed by atoms with Crippen LogP contribution < -0.4 is 10.1 Å². The van der Waals surface area contributed by atoms with E-state index in [0.29, 0.717) is 0 Å². The van der Waals surface area contributed by atoms with Crippen LogP contribution in [-0.2, 0) is 4.74 Å². The summed E-state index contributed by atoms with van der Waals surface area (Å²) in [6, 6.07) is 5.18. The predicted octanol–water partition coefficient (Wildman–Crippen LogP) is 3.01. The van der Waals surface area contributed by atoms with Crippen LogP contribution in [0.2, 0.25) is 0 Å². The Kier molecular flexibility index (Phi) is 6.13. The molecule has 1 aliphatic rings. The van der Waals surface area contributed by atoms with Crippen LogP contribution in [-0.4, -0.2) is 37.9 Å². The third-order valence-electron chi connectivity index (χ3n) is 3.36. The molecule has 0 radical (unpaired) electrons. The first-order valence-corrected chi connectivity index (χ1v) is 8.18. The van der Waals surface area contributed by atoms with E-state index in [4.69, 9.17) is 9.47 Å². The smallest absolute Gasteiger partial charge is 0.165 e. The zero-order valence-corrected chi connectivity index (χ0v) is 12.8. The van der Waals surface area contributed by atoms with Crippen molar-refractivity contribution in [3.05, 3.63) is 29.6 Å². The lowest BCUT2D eigenvalue weighted by Crippen LogP contribution is -2.38. The minimum Gasteiger partial charge on any atom is -0.494 e.